The third kappa shape index (κ3) is 3.34. The Bertz CT molecular complexity index is 932. The highest BCUT2D eigenvalue weighted by atomic mass is 35.5. The number of morpholine rings is 1. The first-order valence-electron chi connectivity index (χ1n) is 9.23. The Balaban J connectivity index is 1.63. The van der Waals surface area contributed by atoms with Crippen LogP contribution >= 0.6 is 11.6 Å². The molecule has 7 heteroatoms. The van der Waals surface area contributed by atoms with Crippen LogP contribution in [0.5, 0.6) is 5.75 Å². The SMILES string of the molecule is CC1Oc2c(cccc2C(=O)N2CC(c3ccccc3Cl)OCC2C)NC1=O. The molecule has 3 unspecified atom stereocenters. The summed E-state index contributed by atoms with van der Waals surface area (Å²) in [5, 5.41) is 3.40. The Kier molecular flexibility index (Phi) is 5.00. The number of carbonyl (C=O) groups excluding carboxylic acids is 2. The molecule has 2 aromatic rings. The number of hydrogen-bond acceptors (Lipinski definition) is 4. The smallest absolute Gasteiger partial charge is 0.265 e. The molecule has 0 aliphatic carbocycles. The maximum atomic E-state index is 13.4. The number of ether oxygens (including phenoxy) is 2. The van der Waals surface area contributed by atoms with Gasteiger partial charge in [0.25, 0.3) is 11.8 Å². The summed E-state index contributed by atoms with van der Waals surface area (Å²) in [7, 11) is 0. The molecule has 2 heterocycles. The van der Waals surface area contributed by atoms with E-state index in [1.165, 1.54) is 0 Å². The van der Waals surface area contributed by atoms with Gasteiger partial charge in [0.15, 0.2) is 11.9 Å². The van der Waals surface area contributed by atoms with Crippen LogP contribution < -0.4 is 10.1 Å². The van der Waals surface area contributed by atoms with E-state index in [0.717, 1.165) is 5.56 Å². The van der Waals surface area contributed by atoms with Gasteiger partial charge in [-0.1, -0.05) is 35.9 Å². The average molecular weight is 401 g/mol. The van der Waals surface area contributed by atoms with Crippen LogP contribution in [-0.2, 0) is 9.53 Å². The summed E-state index contributed by atoms with van der Waals surface area (Å²) in [5.74, 6) is 0.0243. The summed E-state index contributed by atoms with van der Waals surface area (Å²) in [6.45, 7) is 4.39. The summed E-state index contributed by atoms with van der Waals surface area (Å²) in [6.07, 6.45) is -0.952. The molecule has 1 fully saturated rings. The van der Waals surface area contributed by atoms with Crippen LogP contribution in [0.25, 0.3) is 0 Å². The molecule has 0 saturated carbocycles. The van der Waals surface area contributed by atoms with E-state index in [9.17, 15) is 9.59 Å². The van der Waals surface area contributed by atoms with Crippen molar-refractivity contribution in [1.82, 2.24) is 4.90 Å². The van der Waals surface area contributed by atoms with E-state index in [-0.39, 0.29) is 24.0 Å². The molecule has 1 N–H and O–H groups in total. The number of nitrogens with one attached hydrogen (secondary N) is 1. The van der Waals surface area contributed by atoms with Gasteiger partial charge in [0.2, 0.25) is 0 Å². The lowest BCUT2D eigenvalue weighted by Crippen LogP contribution is -2.48. The second-order valence-electron chi connectivity index (χ2n) is 7.08. The van der Waals surface area contributed by atoms with Crippen molar-refractivity contribution in [1.29, 1.82) is 0 Å². The van der Waals surface area contributed by atoms with E-state index < -0.39 is 6.10 Å². The monoisotopic (exact) mass is 400 g/mol. The molecule has 4 rings (SSSR count). The molecule has 28 heavy (non-hydrogen) atoms. The zero-order valence-corrected chi connectivity index (χ0v) is 16.4. The number of anilines is 1. The van der Waals surface area contributed by atoms with Crippen LogP contribution in [-0.4, -0.2) is 42.0 Å². The van der Waals surface area contributed by atoms with Crippen molar-refractivity contribution in [3.8, 4) is 5.75 Å². The maximum Gasteiger partial charge on any atom is 0.265 e. The Morgan fingerprint density at radius 3 is 2.75 bits per heavy atom. The quantitative estimate of drug-likeness (QED) is 0.835. The number of nitrogens with zero attached hydrogens (tertiary/aromatic N) is 1. The molecule has 2 aliphatic heterocycles. The minimum absolute atomic E-state index is 0.0994. The Labute approximate surface area is 168 Å². The third-order valence-electron chi connectivity index (χ3n) is 5.11. The van der Waals surface area contributed by atoms with E-state index in [4.69, 9.17) is 21.1 Å². The number of rotatable bonds is 2. The van der Waals surface area contributed by atoms with E-state index >= 15 is 0 Å². The van der Waals surface area contributed by atoms with Crippen LogP contribution in [0, 0.1) is 0 Å². The molecule has 0 bridgehead atoms. The first kappa shape index (κ1) is 18.8. The van der Waals surface area contributed by atoms with Gasteiger partial charge < -0.3 is 19.7 Å². The lowest BCUT2D eigenvalue weighted by molar-refractivity contribution is -0.122. The Morgan fingerprint density at radius 1 is 1.18 bits per heavy atom. The van der Waals surface area contributed by atoms with Crippen molar-refractivity contribution in [3.63, 3.8) is 0 Å². The number of fused-ring (bicyclic) bond motifs is 1. The number of amides is 2. The Morgan fingerprint density at radius 2 is 1.96 bits per heavy atom. The molecule has 0 spiro atoms. The van der Waals surface area contributed by atoms with Gasteiger partial charge in [-0.2, -0.15) is 0 Å². The van der Waals surface area contributed by atoms with Gasteiger partial charge in [0.05, 0.1) is 30.4 Å². The zero-order chi connectivity index (χ0) is 19.8. The van der Waals surface area contributed by atoms with E-state index in [0.29, 0.717) is 35.2 Å². The van der Waals surface area contributed by atoms with E-state index in [1.54, 1.807) is 30.0 Å². The van der Waals surface area contributed by atoms with Crippen LogP contribution in [0.2, 0.25) is 5.02 Å². The fraction of sp³-hybridized carbons (Fsp3) is 0.333. The summed E-state index contributed by atoms with van der Waals surface area (Å²) < 4.78 is 11.7. The lowest BCUT2D eigenvalue weighted by atomic mass is 10.0. The summed E-state index contributed by atoms with van der Waals surface area (Å²) in [5.41, 5.74) is 1.80. The summed E-state index contributed by atoms with van der Waals surface area (Å²) in [6, 6.07) is 12.6. The van der Waals surface area contributed by atoms with Gasteiger partial charge in [0.1, 0.15) is 6.10 Å². The number of halogens is 1. The number of benzene rings is 2. The predicted molar refractivity (Wildman–Crippen MR) is 106 cm³/mol. The second kappa shape index (κ2) is 7.45. The van der Waals surface area contributed by atoms with Gasteiger partial charge in [-0.25, -0.2) is 0 Å². The molecule has 2 aliphatic rings. The van der Waals surface area contributed by atoms with Gasteiger partial charge >= 0.3 is 0 Å². The molecule has 3 atom stereocenters. The standard InChI is InChI=1S/C21H21ClN2O4/c1-12-11-27-18(14-6-3-4-8-16(14)22)10-24(12)21(26)15-7-5-9-17-19(15)28-13(2)20(25)23-17/h3-9,12-13,18H,10-11H2,1-2H3,(H,23,25). The minimum Gasteiger partial charge on any atom is -0.478 e. The molecule has 0 radical (unpaired) electrons. The van der Waals surface area contributed by atoms with E-state index in [2.05, 4.69) is 5.32 Å². The normalized spacial score (nSPS) is 24.2. The van der Waals surface area contributed by atoms with E-state index in [1.807, 2.05) is 31.2 Å². The molecule has 146 valence electrons. The van der Waals surface area contributed by atoms with Crippen molar-refractivity contribution in [2.75, 3.05) is 18.5 Å². The fourth-order valence-electron chi connectivity index (χ4n) is 3.51. The summed E-state index contributed by atoms with van der Waals surface area (Å²) >= 11 is 6.32. The maximum absolute atomic E-state index is 13.4. The zero-order valence-electron chi connectivity index (χ0n) is 15.6. The van der Waals surface area contributed by atoms with Gasteiger partial charge in [-0.15, -0.1) is 0 Å². The van der Waals surface area contributed by atoms with Crippen molar-refractivity contribution in [2.45, 2.75) is 32.1 Å². The van der Waals surface area contributed by atoms with Crippen LogP contribution in [0.3, 0.4) is 0 Å². The number of hydrogen-bond donors (Lipinski definition) is 1. The molecule has 1 saturated heterocycles. The van der Waals surface area contributed by atoms with Crippen LogP contribution in [0.1, 0.15) is 35.9 Å². The van der Waals surface area contributed by atoms with Gasteiger partial charge in [-0.05, 0) is 32.0 Å². The molecule has 6 nitrogen and oxygen atoms in total. The van der Waals surface area contributed by atoms with Gasteiger partial charge in [0, 0.05) is 10.6 Å². The average Bonchev–Trinajstić information content (AvgIpc) is 2.69. The van der Waals surface area contributed by atoms with Crippen molar-refractivity contribution in [2.24, 2.45) is 0 Å². The molecule has 2 amide bonds. The minimum atomic E-state index is -0.653. The van der Waals surface area contributed by atoms with Crippen LogP contribution in [0.15, 0.2) is 42.5 Å². The third-order valence-corrected chi connectivity index (χ3v) is 5.46. The highest BCUT2D eigenvalue weighted by Gasteiger charge is 2.35. The topological polar surface area (TPSA) is 67.9 Å². The number of para-hydroxylation sites is 1. The second-order valence-corrected chi connectivity index (χ2v) is 7.49. The highest BCUT2D eigenvalue weighted by molar-refractivity contribution is 6.31. The largest absolute Gasteiger partial charge is 0.478 e. The first-order valence-corrected chi connectivity index (χ1v) is 9.61. The van der Waals surface area contributed by atoms with Crippen molar-refractivity contribution < 1.29 is 19.1 Å². The van der Waals surface area contributed by atoms with Gasteiger partial charge in [-0.3, -0.25) is 9.59 Å². The first-order chi connectivity index (χ1) is 13.5. The molecule has 2 aromatic carbocycles. The van der Waals surface area contributed by atoms with Crippen molar-refractivity contribution >= 4 is 29.1 Å². The molecular formula is C21H21ClN2O4. The highest BCUT2D eigenvalue weighted by Crippen LogP contribution is 2.36. The van der Waals surface area contributed by atoms with Crippen molar-refractivity contribution in [3.05, 3.63) is 58.6 Å². The Hall–Kier alpha value is -2.57. The molecule has 0 aromatic heterocycles. The fourth-order valence-corrected chi connectivity index (χ4v) is 3.77. The summed E-state index contributed by atoms with van der Waals surface area (Å²) in [4.78, 5) is 27.0. The predicted octanol–water partition coefficient (Wildman–Crippen LogP) is 3.66. The molecular weight excluding hydrogens is 380 g/mol. The number of carbonyl (C=O) groups is 2. The van der Waals surface area contributed by atoms with Crippen LogP contribution in [0.4, 0.5) is 5.69 Å². The lowest BCUT2D eigenvalue weighted by Gasteiger charge is -2.39.